The largest absolute Gasteiger partial charge is 0.358 e. The number of hydrogen-bond donors (Lipinski definition) is 2. The standard InChI is InChI=1S/C9H19N3O/c1-7(9(13)11-2)12(6-5-10)8-3-4-8/h7-8H,3-6,10H2,1-2H3,(H,11,13). The zero-order chi connectivity index (χ0) is 9.84. The molecule has 4 heteroatoms. The van der Waals surface area contributed by atoms with Gasteiger partial charge < -0.3 is 11.1 Å². The molecular formula is C9H19N3O. The molecule has 1 rings (SSSR count). The fourth-order valence-corrected chi connectivity index (χ4v) is 1.61. The van der Waals surface area contributed by atoms with Crippen molar-refractivity contribution in [2.75, 3.05) is 20.1 Å². The van der Waals surface area contributed by atoms with E-state index >= 15 is 0 Å². The first-order valence-corrected chi connectivity index (χ1v) is 4.88. The van der Waals surface area contributed by atoms with Crippen LogP contribution in [-0.4, -0.2) is 43.0 Å². The van der Waals surface area contributed by atoms with Crippen molar-refractivity contribution in [3.8, 4) is 0 Å². The Hall–Kier alpha value is -0.610. The van der Waals surface area contributed by atoms with Crippen molar-refractivity contribution < 1.29 is 4.79 Å². The Kier molecular flexibility index (Phi) is 3.69. The molecule has 3 N–H and O–H groups in total. The summed E-state index contributed by atoms with van der Waals surface area (Å²) in [4.78, 5) is 13.6. The van der Waals surface area contributed by atoms with Crippen LogP contribution < -0.4 is 11.1 Å². The molecule has 1 aliphatic carbocycles. The van der Waals surface area contributed by atoms with Crippen LogP contribution in [0.2, 0.25) is 0 Å². The second kappa shape index (κ2) is 4.58. The Balaban J connectivity index is 2.47. The van der Waals surface area contributed by atoms with E-state index in [0.717, 1.165) is 6.54 Å². The zero-order valence-corrected chi connectivity index (χ0v) is 8.42. The van der Waals surface area contributed by atoms with E-state index in [9.17, 15) is 4.79 Å². The summed E-state index contributed by atoms with van der Waals surface area (Å²) in [6.45, 7) is 3.38. The fraction of sp³-hybridized carbons (Fsp3) is 0.889. The van der Waals surface area contributed by atoms with E-state index in [1.54, 1.807) is 7.05 Å². The number of nitrogens with two attached hydrogens (primary N) is 1. The molecule has 0 saturated heterocycles. The van der Waals surface area contributed by atoms with Gasteiger partial charge >= 0.3 is 0 Å². The van der Waals surface area contributed by atoms with Crippen LogP contribution >= 0.6 is 0 Å². The molecule has 13 heavy (non-hydrogen) atoms. The van der Waals surface area contributed by atoms with Gasteiger partial charge in [-0.2, -0.15) is 0 Å². The highest BCUT2D eigenvalue weighted by molar-refractivity contribution is 5.81. The predicted molar refractivity (Wildman–Crippen MR) is 52.3 cm³/mol. The van der Waals surface area contributed by atoms with Crippen LogP contribution in [0.4, 0.5) is 0 Å². The average molecular weight is 185 g/mol. The second-order valence-corrected chi connectivity index (χ2v) is 3.55. The molecule has 1 amide bonds. The summed E-state index contributed by atoms with van der Waals surface area (Å²) in [5.41, 5.74) is 5.50. The molecule has 4 nitrogen and oxygen atoms in total. The third-order valence-corrected chi connectivity index (χ3v) is 2.53. The van der Waals surface area contributed by atoms with Crippen LogP contribution in [0.1, 0.15) is 19.8 Å². The molecule has 0 aliphatic heterocycles. The minimum Gasteiger partial charge on any atom is -0.358 e. The topological polar surface area (TPSA) is 58.4 Å². The van der Waals surface area contributed by atoms with Gasteiger partial charge in [0.15, 0.2) is 0 Å². The zero-order valence-electron chi connectivity index (χ0n) is 8.42. The minimum absolute atomic E-state index is 0.0407. The van der Waals surface area contributed by atoms with Gasteiger partial charge in [0.25, 0.3) is 0 Å². The lowest BCUT2D eigenvalue weighted by Gasteiger charge is -2.26. The van der Waals surface area contributed by atoms with Crippen molar-refractivity contribution in [2.45, 2.75) is 31.8 Å². The van der Waals surface area contributed by atoms with Gasteiger partial charge in [-0.05, 0) is 19.8 Å². The first-order valence-electron chi connectivity index (χ1n) is 4.88. The van der Waals surface area contributed by atoms with Crippen molar-refractivity contribution in [1.29, 1.82) is 0 Å². The third-order valence-electron chi connectivity index (χ3n) is 2.53. The van der Waals surface area contributed by atoms with Gasteiger partial charge in [-0.1, -0.05) is 0 Å². The summed E-state index contributed by atoms with van der Waals surface area (Å²) in [6, 6.07) is 0.553. The second-order valence-electron chi connectivity index (χ2n) is 3.55. The van der Waals surface area contributed by atoms with Gasteiger partial charge in [0.2, 0.25) is 5.91 Å². The smallest absolute Gasteiger partial charge is 0.236 e. The first kappa shape index (κ1) is 10.5. The molecule has 0 bridgehead atoms. The summed E-state index contributed by atoms with van der Waals surface area (Å²) in [5.74, 6) is 0.0837. The van der Waals surface area contributed by atoms with E-state index in [4.69, 9.17) is 5.73 Å². The number of likely N-dealkylation sites (N-methyl/N-ethyl adjacent to an activating group) is 1. The number of carbonyl (C=O) groups is 1. The lowest BCUT2D eigenvalue weighted by molar-refractivity contribution is -0.125. The fourth-order valence-electron chi connectivity index (χ4n) is 1.61. The van der Waals surface area contributed by atoms with Gasteiger partial charge in [-0.15, -0.1) is 0 Å². The van der Waals surface area contributed by atoms with Gasteiger partial charge in [0, 0.05) is 26.2 Å². The minimum atomic E-state index is -0.0407. The molecule has 0 aromatic carbocycles. The van der Waals surface area contributed by atoms with Gasteiger partial charge in [0.1, 0.15) is 0 Å². The highest BCUT2D eigenvalue weighted by atomic mass is 16.2. The van der Waals surface area contributed by atoms with Crippen LogP contribution in [0, 0.1) is 0 Å². The highest BCUT2D eigenvalue weighted by Crippen LogP contribution is 2.28. The van der Waals surface area contributed by atoms with Crippen molar-refractivity contribution in [2.24, 2.45) is 5.73 Å². The van der Waals surface area contributed by atoms with Crippen molar-refractivity contribution in [3.05, 3.63) is 0 Å². The van der Waals surface area contributed by atoms with E-state index in [-0.39, 0.29) is 11.9 Å². The first-order chi connectivity index (χ1) is 6.20. The van der Waals surface area contributed by atoms with E-state index < -0.39 is 0 Å². The summed E-state index contributed by atoms with van der Waals surface area (Å²) in [7, 11) is 1.67. The average Bonchev–Trinajstić information content (AvgIpc) is 2.95. The highest BCUT2D eigenvalue weighted by Gasteiger charge is 2.33. The summed E-state index contributed by atoms with van der Waals surface area (Å²) < 4.78 is 0. The molecule has 0 aromatic rings. The van der Waals surface area contributed by atoms with Crippen LogP contribution in [0.15, 0.2) is 0 Å². The predicted octanol–water partition coefficient (Wildman–Crippen LogP) is -0.456. The molecule has 76 valence electrons. The lowest BCUT2D eigenvalue weighted by atomic mass is 10.2. The van der Waals surface area contributed by atoms with Crippen LogP contribution in [-0.2, 0) is 4.79 Å². The molecule has 1 saturated carbocycles. The summed E-state index contributed by atoms with van der Waals surface area (Å²) in [5, 5.41) is 2.66. The van der Waals surface area contributed by atoms with Crippen molar-refractivity contribution in [3.63, 3.8) is 0 Å². The normalized spacial score (nSPS) is 18.8. The molecule has 1 atom stereocenters. The Bertz CT molecular complexity index is 180. The molecular weight excluding hydrogens is 166 g/mol. The van der Waals surface area contributed by atoms with Crippen LogP contribution in [0.5, 0.6) is 0 Å². The maximum Gasteiger partial charge on any atom is 0.236 e. The van der Waals surface area contributed by atoms with E-state index in [1.165, 1.54) is 12.8 Å². The molecule has 0 radical (unpaired) electrons. The van der Waals surface area contributed by atoms with E-state index in [0.29, 0.717) is 12.6 Å². The molecule has 0 aromatic heterocycles. The number of carbonyl (C=O) groups excluding carboxylic acids is 1. The van der Waals surface area contributed by atoms with Crippen molar-refractivity contribution in [1.82, 2.24) is 10.2 Å². The molecule has 0 heterocycles. The van der Waals surface area contributed by atoms with Gasteiger partial charge in [0.05, 0.1) is 6.04 Å². The SMILES string of the molecule is CNC(=O)C(C)N(CCN)C1CC1. The number of rotatable bonds is 5. The number of amides is 1. The summed E-state index contributed by atoms with van der Waals surface area (Å²) in [6.07, 6.45) is 2.42. The number of nitrogens with one attached hydrogen (secondary N) is 1. The van der Waals surface area contributed by atoms with E-state index in [1.807, 2.05) is 6.92 Å². The van der Waals surface area contributed by atoms with Crippen LogP contribution in [0.3, 0.4) is 0 Å². The van der Waals surface area contributed by atoms with Crippen LogP contribution in [0.25, 0.3) is 0 Å². The van der Waals surface area contributed by atoms with Gasteiger partial charge in [-0.3, -0.25) is 9.69 Å². The lowest BCUT2D eigenvalue weighted by Crippen LogP contribution is -2.47. The quantitative estimate of drug-likeness (QED) is 0.609. The Labute approximate surface area is 79.5 Å². The monoisotopic (exact) mass is 185 g/mol. The number of hydrogen-bond acceptors (Lipinski definition) is 3. The van der Waals surface area contributed by atoms with Crippen molar-refractivity contribution >= 4 is 5.91 Å². The maximum atomic E-state index is 11.4. The molecule has 1 aliphatic rings. The molecule has 0 spiro atoms. The maximum absolute atomic E-state index is 11.4. The Morgan fingerprint density at radius 1 is 1.69 bits per heavy atom. The Morgan fingerprint density at radius 3 is 2.69 bits per heavy atom. The summed E-state index contributed by atoms with van der Waals surface area (Å²) >= 11 is 0. The molecule has 1 unspecified atom stereocenters. The van der Waals surface area contributed by atoms with Gasteiger partial charge in [-0.25, -0.2) is 0 Å². The van der Waals surface area contributed by atoms with E-state index in [2.05, 4.69) is 10.2 Å². The number of nitrogens with zero attached hydrogens (tertiary/aromatic N) is 1. The third kappa shape index (κ3) is 2.67. The Morgan fingerprint density at radius 2 is 2.31 bits per heavy atom. The molecule has 1 fully saturated rings.